The molecule has 2 N–H and O–H groups in total. The molecule has 1 saturated heterocycles. The lowest BCUT2D eigenvalue weighted by molar-refractivity contribution is -0.135. The Bertz CT molecular complexity index is 618. The van der Waals surface area contributed by atoms with E-state index in [0.717, 1.165) is 18.4 Å². The molecular weight excluding hydrogens is 342 g/mol. The fourth-order valence-corrected chi connectivity index (χ4v) is 3.45. The van der Waals surface area contributed by atoms with E-state index in [-0.39, 0.29) is 36.6 Å². The van der Waals surface area contributed by atoms with Gasteiger partial charge in [-0.15, -0.1) is 0 Å². The molecule has 150 valence electrons. The van der Waals surface area contributed by atoms with Crippen LogP contribution in [0.25, 0.3) is 0 Å². The number of carbonyl (C=O) groups excluding carboxylic acids is 2. The highest BCUT2D eigenvalue weighted by molar-refractivity contribution is 5.82. The van der Waals surface area contributed by atoms with Crippen molar-refractivity contribution in [3.05, 3.63) is 35.9 Å². The number of likely N-dealkylation sites (tertiary alicyclic amines) is 1. The second kappa shape index (κ2) is 9.74. The van der Waals surface area contributed by atoms with E-state index in [9.17, 15) is 9.59 Å². The number of rotatable bonds is 6. The second-order valence-electron chi connectivity index (χ2n) is 7.89. The first-order chi connectivity index (χ1) is 12.8. The van der Waals surface area contributed by atoms with Crippen molar-refractivity contribution < 1.29 is 14.3 Å². The van der Waals surface area contributed by atoms with E-state index in [0.29, 0.717) is 13.1 Å². The van der Waals surface area contributed by atoms with Gasteiger partial charge in [0.15, 0.2) is 0 Å². The van der Waals surface area contributed by atoms with Gasteiger partial charge in [-0.1, -0.05) is 44.2 Å². The summed E-state index contributed by atoms with van der Waals surface area (Å²) >= 11 is 0. The smallest absolute Gasteiger partial charge is 0.410 e. The van der Waals surface area contributed by atoms with Crippen LogP contribution in [0.2, 0.25) is 0 Å². The Morgan fingerprint density at radius 1 is 1.22 bits per heavy atom. The number of ether oxygens (including phenoxy) is 1. The summed E-state index contributed by atoms with van der Waals surface area (Å²) in [6.45, 7) is 9.31. The molecule has 1 aromatic rings. The van der Waals surface area contributed by atoms with Crippen LogP contribution in [0.5, 0.6) is 0 Å². The van der Waals surface area contributed by atoms with Crippen molar-refractivity contribution >= 4 is 12.0 Å². The van der Waals surface area contributed by atoms with E-state index < -0.39 is 6.04 Å². The quantitative estimate of drug-likeness (QED) is 0.829. The summed E-state index contributed by atoms with van der Waals surface area (Å²) in [5, 5.41) is 0. The van der Waals surface area contributed by atoms with Gasteiger partial charge in [0.25, 0.3) is 0 Å². The van der Waals surface area contributed by atoms with Crippen molar-refractivity contribution in [3.8, 4) is 0 Å². The number of benzene rings is 1. The molecule has 0 bridgehead atoms. The number of carbonyl (C=O) groups is 2. The Morgan fingerprint density at radius 2 is 1.89 bits per heavy atom. The first-order valence-corrected chi connectivity index (χ1v) is 9.84. The molecule has 2 atom stereocenters. The van der Waals surface area contributed by atoms with Crippen LogP contribution in [-0.2, 0) is 16.1 Å². The van der Waals surface area contributed by atoms with Crippen LogP contribution in [0.3, 0.4) is 0 Å². The molecule has 1 heterocycles. The molecule has 2 amide bonds. The summed E-state index contributed by atoms with van der Waals surface area (Å²) in [6.07, 6.45) is 1.39. The van der Waals surface area contributed by atoms with Gasteiger partial charge >= 0.3 is 6.09 Å². The lowest BCUT2D eigenvalue weighted by atomic mass is 9.99. The molecule has 2 unspecified atom stereocenters. The number of hydrogen-bond acceptors (Lipinski definition) is 4. The van der Waals surface area contributed by atoms with Crippen LogP contribution < -0.4 is 5.73 Å². The lowest BCUT2D eigenvalue weighted by Crippen LogP contribution is -2.57. The number of nitrogens with zero attached hydrogens (tertiary/aromatic N) is 2. The maximum absolute atomic E-state index is 12.8. The molecule has 1 fully saturated rings. The van der Waals surface area contributed by atoms with Crippen LogP contribution in [0.1, 0.15) is 46.1 Å². The Hall–Kier alpha value is -2.08. The van der Waals surface area contributed by atoms with Gasteiger partial charge in [-0.25, -0.2) is 4.79 Å². The van der Waals surface area contributed by atoms with Crippen molar-refractivity contribution in [2.24, 2.45) is 11.7 Å². The molecule has 1 aliphatic rings. The summed E-state index contributed by atoms with van der Waals surface area (Å²) in [5.41, 5.74) is 7.00. The van der Waals surface area contributed by atoms with Gasteiger partial charge in [-0.3, -0.25) is 4.79 Å². The predicted octanol–water partition coefficient (Wildman–Crippen LogP) is 3.01. The normalized spacial score (nSPS) is 18.5. The summed E-state index contributed by atoms with van der Waals surface area (Å²) in [4.78, 5) is 28.9. The van der Waals surface area contributed by atoms with Crippen LogP contribution in [0.4, 0.5) is 4.79 Å². The van der Waals surface area contributed by atoms with E-state index in [1.54, 1.807) is 9.80 Å². The Morgan fingerprint density at radius 3 is 2.48 bits per heavy atom. The van der Waals surface area contributed by atoms with E-state index >= 15 is 0 Å². The van der Waals surface area contributed by atoms with Crippen LogP contribution in [0, 0.1) is 5.92 Å². The van der Waals surface area contributed by atoms with Crippen LogP contribution in [-0.4, -0.2) is 53.0 Å². The zero-order valence-corrected chi connectivity index (χ0v) is 16.9. The largest absolute Gasteiger partial charge is 0.445 e. The Kier molecular flexibility index (Phi) is 7.66. The van der Waals surface area contributed by atoms with Gasteiger partial charge < -0.3 is 20.3 Å². The van der Waals surface area contributed by atoms with Crippen molar-refractivity contribution in [2.45, 2.75) is 65.3 Å². The van der Waals surface area contributed by atoms with Crippen LogP contribution in [0.15, 0.2) is 30.3 Å². The summed E-state index contributed by atoms with van der Waals surface area (Å²) in [5.74, 6) is 0.0611. The molecule has 0 radical (unpaired) electrons. The monoisotopic (exact) mass is 375 g/mol. The molecule has 1 aliphatic heterocycles. The SMILES string of the molecule is CC(C)C(N)C(=O)N1CCCC(N(C(=O)OCc2ccccc2)C(C)C)C1. The predicted molar refractivity (Wildman–Crippen MR) is 106 cm³/mol. The maximum Gasteiger partial charge on any atom is 0.410 e. The maximum atomic E-state index is 12.8. The zero-order chi connectivity index (χ0) is 20.0. The minimum absolute atomic E-state index is 0.00732. The van der Waals surface area contributed by atoms with Gasteiger partial charge in [0, 0.05) is 19.1 Å². The second-order valence-corrected chi connectivity index (χ2v) is 7.89. The van der Waals surface area contributed by atoms with Crippen molar-refractivity contribution in [3.63, 3.8) is 0 Å². The standard InChI is InChI=1S/C21H33N3O3/c1-15(2)19(22)20(25)23-12-8-11-18(13-23)24(16(3)4)21(26)27-14-17-9-6-5-7-10-17/h5-7,9-10,15-16,18-19H,8,11-14,22H2,1-4H3. The highest BCUT2D eigenvalue weighted by Gasteiger charge is 2.34. The van der Waals surface area contributed by atoms with Gasteiger partial charge in [0.1, 0.15) is 6.61 Å². The highest BCUT2D eigenvalue weighted by Crippen LogP contribution is 2.21. The minimum Gasteiger partial charge on any atom is -0.445 e. The molecule has 6 nitrogen and oxygen atoms in total. The average Bonchev–Trinajstić information content (AvgIpc) is 2.66. The topological polar surface area (TPSA) is 75.9 Å². The molecule has 0 spiro atoms. The molecule has 6 heteroatoms. The fraction of sp³-hybridized carbons (Fsp3) is 0.619. The summed E-state index contributed by atoms with van der Waals surface area (Å²) < 4.78 is 5.55. The van der Waals surface area contributed by atoms with E-state index in [1.165, 1.54) is 0 Å². The third-order valence-corrected chi connectivity index (χ3v) is 5.08. The summed E-state index contributed by atoms with van der Waals surface area (Å²) in [6, 6.07) is 9.08. The third kappa shape index (κ3) is 5.70. The zero-order valence-electron chi connectivity index (χ0n) is 16.9. The number of piperidine rings is 1. The Balaban J connectivity index is 2.02. The van der Waals surface area contributed by atoms with Crippen molar-refractivity contribution in [1.82, 2.24) is 9.80 Å². The highest BCUT2D eigenvalue weighted by atomic mass is 16.6. The molecule has 0 aromatic heterocycles. The Labute approximate surface area is 162 Å². The van der Waals surface area contributed by atoms with Gasteiger partial charge in [0.05, 0.1) is 12.1 Å². The average molecular weight is 376 g/mol. The van der Waals surface area contributed by atoms with Gasteiger partial charge in [0.2, 0.25) is 5.91 Å². The number of amides is 2. The van der Waals surface area contributed by atoms with E-state index in [1.807, 2.05) is 58.0 Å². The lowest BCUT2D eigenvalue weighted by Gasteiger charge is -2.41. The minimum atomic E-state index is -0.499. The fourth-order valence-electron chi connectivity index (χ4n) is 3.45. The van der Waals surface area contributed by atoms with E-state index in [4.69, 9.17) is 10.5 Å². The van der Waals surface area contributed by atoms with Crippen LogP contribution >= 0.6 is 0 Å². The van der Waals surface area contributed by atoms with E-state index in [2.05, 4.69) is 0 Å². The number of nitrogens with two attached hydrogens (primary N) is 1. The van der Waals surface area contributed by atoms with Crippen molar-refractivity contribution in [1.29, 1.82) is 0 Å². The number of hydrogen-bond donors (Lipinski definition) is 1. The van der Waals surface area contributed by atoms with Gasteiger partial charge in [-0.2, -0.15) is 0 Å². The van der Waals surface area contributed by atoms with Crippen molar-refractivity contribution in [2.75, 3.05) is 13.1 Å². The summed E-state index contributed by atoms with van der Waals surface area (Å²) in [7, 11) is 0. The first-order valence-electron chi connectivity index (χ1n) is 9.84. The molecule has 1 aromatic carbocycles. The third-order valence-electron chi connectivity index (χ3n) is 5.08. The molecule has 0 aliphatic carbocycles. The first kappa shape index (κ1) is 21.2. The molecule has 0 saturated carbocycles. The molecule has 2 rings (SSSR count). The molecular formula is C21H33N3O3. The molecule has 27 heavy (non-hydrogen) atoms. The van der Waals surface area contributed by atoms with Gasteiger partial charge in [-0.05, 0) is 38.2 Å².